The number of nitrogens with one attached hydrogen (secondary N) is 2. The molecule has 0 radical (unpaired) electrons. The van der Waals surface area contributed by atoms with Gasteiger partial charge in [-0.1, -0.05) is 26.2 Å². The van der Waals surface area contributed by atoms with E-state index in [1.54, 1.807) is 0 Å². The Morgan fingerprint density at radius 1 is 0.966 bits per heavy atom. The van der Waals surface area contributed by atoms with E-state index >= 15 is 0 Å². The summed E-state index contributed by atoms with van der Waals surface area (Å²) in [6, 6.07) is 0.313. The van der Waals surface area contributed by atoms with E-state index in [0.29, 0.717) is 11.9 Å². The van der Waals surface area contributed by atoms with Crippen LogP contribution in [-0.4, -0.2) is 98.1 Å². The van der Waals surface area contributed by atoms with Gasteiger partial charge in [0.25, 0.3) is 0 Å². The number of nitrogens with zero attached hydrogens (tertiary/aromatic N) is 4. The highest BCUT2D eigenvalue weighted by Crippen LogP contribution is 2.26. The van der Waals surface area contributed by atoms with Gasteiger partial charge in [0.2, 0.25) is 5.91 Å². The van der Waals surface area contributed by atoms with Crippen LogP contribution in [0, 0.1) is 5.92 Å². The van der Waals surface area contributed by atoms with Gasteiger partial charge in [0, 0.05) is 64.3 Å². The number of piperazine rings is 1. The Balaban J connectivity index is 1.41. The first-order chi connectivity index (χ1) is 14.2. The van der Waals surface area contributed by atoms with Crippen molar-refractivity contribution in [1.82, 2.24) is 25.3 Å². The van der Waals surface area contributed by atoms with Gasteiger partial charge in [-0.3, -0.25) is 14.7 Å². The van der Waals surface area contributed by atoms with E-state index in [4.69, 9.17) is 4.99 Å². The van der Waals surface area contributed by atoms with Crippen molar-refractivity contribution in [2.24, 2.45) is 10.9 Å². The van der Waals surface area contributed by atoms with Gasteiger partial charge in [-0.15, -0.1) is 0 Å². The minimum atomic E-state index is 0.276. The smallest absolute Gasteiger partial charge is 0.225 e. The van der Waals surface area contributed by atoms with Crippen LogP contribution in [0.15, 0.2) is 4.99 Å². The maximum Gasteiger partial charge on any atom is 0.225 e. The third-order valence-electron chi connectivity index (χ3n) is 6.74. The molecule has 7 heteroatoms. The lowest BCUT2D eigenvalue weighted by molar-refractivity contribution is -0.135. The summed E-state index contributed by atoms with van der Waals surface area (Å²) in [5.74, 6) is 1.57. The lowest BCUT2D eigenvalue weighted by Crippen LogP contribution is -2.47. The second kappa shape index (κ2) is 11.7. The van der Waals surface area contributed by atoms with Crippen LogP contribution in [0.25, 0.3) is 0 Å². The molecule has 1 amide bonds. The number of hydrogen-bond donors (Lipinski definition) is 2. The zero-order chi connectivity index (χ0) is 20.5. The number of carbonyl (C=O) groups is 1. The summed E-state index contributed by atoms with van der Waals surface area (Å²) in [5, 5.41) is 6.96. The zero-order valence-electron chi connectivity index (χ0n) is 18.7. The summed E-state index contributed by atoms with van der Waals surface area (Å²) in [6.07, 6.45) is 6.92. The van der Waals surface area contributed by atoms with E-state index in [1.165, 1.54) is 32.4 Å². The van der Waals surface area contributed by atoms with Crippen molar-refractivity contribution in [3.05, 3.63) is 0 Å². The number of rotatable bonds is 7. The third kappa shape index (κ3) is 6.85. The average molecular weight is 407 g/mol. The normalized spacial score (nSPS) is 25.4. The third-order valence-corrected chi connectivity index (χ3v) is 6.74. The lowest BCUT2D eigenvalue weighted by Gasteiger charge is -2.33. The molecule has 3 aliphatic rings. The molecule has 0 spiro atoms. The molecule has 1 aliphatic carbocycles. The molecule has 0 aromatic rings. The molecule has 2 saturated heterocycles. The van der Waals surface area contributed by atoms with E-state index in [1.807, 2.05) is 0 Å². The van der Waals surface area contributed by atoms with Crippen LogP contribution in [0.5, 0.6) is 0 Å². The summed E-state index contributed by atoms with van der Waals surface area (Å²) in [4.78, 5) is 24.7. The molecule has 3 fully saturated rings. The number of hydrogen-bond acceptors (Lipinski definition) is 4. The van der Waals surface area contributed by atoms with Crippen LogP contribution in [0.4, 0.5) is 0 Å². The predicted molar refractivity (Wildman–Crippen MR) is 119 cm³/mol. The van der Waals surface area contributed by atoms with Crippen LogP contribution < -0.4 is 10.6 Å². The number of carbonyl (C=O) groups excluding carboxylic acids is 1. The molecule has 29 heavy (non-hydrogen) atoms. The van der Waals surface area contributed by atoms with Crippen molar-refractivity contribution >= 4 is 11.9 Å². The van der Waals surface area contributed by atoms with E-state index in [0.717, 1.165) is 77.6 Å². The van der Waals surface area contributed by atoms with Crippen molar-refractivity contribution in [3.63, 3.8) is 0 Å². The molecular formula is C22H42N6O. The molecule has 2 heterocycles. The Kier molecular flexibility index (Phi) is 9.05. The lowest BCUT2D eigenvalue weighted by atomic mass is 9.88. The second-order valence-corrected chi connectivity index (χ2v) is 8.79. The van der Waals surface area contributed by atoms with Crippen LogP contribution >= 0.6 is 0 Å². The van der Waals surface area contributed by atoms with E-state index in [2.05, 4.69) is 39.2 Å². The number of likely N-dealkylation sites (tertiary alicyclic amines) is 1. The first-order valence-electron chi connectivity index (χ1n) is 12.0. The first-order valence-corrected chi connectivity index (χ1v) is 12.0. The Morgan fingerprint density at radius 3 is 2.38 bits per heavy atom. The Labute approximate surface area is 177 Å². The zero-order valence-corrected chi connectivity index (χ0v) is 18.7. The number of guanidine groups is 1. The molecule has 0 aromatic carbocycles. The molecule has 2 aliphatic heterocycles. The molecule has 0 bridgehead atoms. The van der Waals surface area contributed by atoms with Gasteiger partial charge in [0.05, 0.1) is 6.54 Å². The topological polar surface area (TPSA) is 63.2 Å². The van der Waals surface area contributed by atoms with Crippen LogP contribution in [0.3, 0.4) is 0 Å². The van der Waals surface area contributed by atoms with Crippen LogP contribution in [0.2, 0.25) is 0 Å². The van der Waals surface area contributed by atoms with Crippen LogP contribution in [0.1, 0.15) is 52.4 Å². The second-order valence-electron chi connectivity index (χ2n) is 8.79. The number of aliphatic imine (C=N–C) groups is 1. The minimum Gasteiger partial charge on any atom is -0.357 e. The number of likely N-dealkylation sites (N-methyl/N-ethyl adjacent to an activating group) is 1. The molecule has 3 rings (SSSR count). The van der Waals surface area contributed by atoms with Crippen molar-refractivity contribution in [1.29, 1.82) is 0 Å². The van der Waals surface area contributed by atoms with Gasteiger partial charge in [-0.2, -0.15) is 0 Å². The highest BCUT2D eigenvalue weighted by atomic mass is 16.2. The molecular weight excluding hydrogens is 364 g/mol. The van der Waals surface area contributed by atoms with Gasteiger partial charge in [0.1, 0.15) is 0 Å². The summed E-state index contributed by atoms with van der Waals surface area (Å²) >= 11 is 0. The predicted octanol–water partition coefficient (Wildman–Crippen LogP) is 1.36. The van der Waals surface area contributed by atoms with E-state index in [-0.39, 0.29) is 5.92 Å². The van der Waals surface area contributed by atoms with Crippen LogP contribution in [-0.2, 0) is 4.79 Å². The minimum absolute atomic E-state index is 0.276. The first kappa shape index (κ1) is 22.3. The van der Waals surface area contributed by atoms with Crippen molar-refractivity contribution < 1.29 is 4.79 Å². The fourth-order valence-electron chi connectivity index (χ4n) is 4.83. The molecule has 166 valence electrons. The molecule has 0 aromatic heterocycles. The summed E-state index contributed by atoms with van der Waals surface area (Å²) < 4.78 is 0. The van der Waals surface area contributed by atoms with E-state index in [9.17, 15) is 4.79 Å². The monoisotopic (exact) mass is 406 g/mol. The fraction of sp³-hybridized carbons (Fsp3) is 0.909. The largest absolute Gasteiger partial charge is 0.357 e. The molecule has 1 unspecified atom stereocenters. The van der Waals surface area contributed by atoms with Gasteiger partial charge in [-0.05, 0) is 32.7 Å². The quantitative estimate of drug-likeness (QED) is 0.494. The highest BCUT2D eigenvalue weighted by Gasteiger charge is 2.31. The molecule has 7 nitrogen and oxygen atoms in total. The molecule has 1 saturated carbocycles. The summed E-state index contributed by atoms with van der Waals surface area (Å²) in [7, 11) is 0. The van der Waals surface area contributed by atoms with Crippen molar-refractivity contribution in [3.8, 4) is 0 Å². The Bertz CT molecular complexity index is 525. The standard InChI is InChI=1S/C22H42N6O/c1-3-23-22(24-11-13-27-16-14-26(4-2)15-17-27)25-20-10-12-28(18-20)21(29)19-8-6-5-7-9-19/h19-20H,3-18H2,1-2H3,(H2,23,24,25). The van der Waals surface area contributed by atoms with Gasteiger partial charge >= 0.3 is 0 Å². The maximum atomic E-state index is 12.8. The van der Waals surface area contributed by atoms with E-state index < -0.39 is 0 Å². The summed E-state index contributed by atoms with van der Waals surface area (Å²) in [6.45, 7) is 14.5. The van der Waals surface area contributed by atoms with Gasteiger partial charge in [-0.25, -0.2) is 0 Å². The fourth-order valence-corrected chi connectivity index (χ4v) is 4.83. The highest BCUT2D eigenvalue weighted by molar-refractivity contribution is 5.81. The van der Waals surface area contributed by atoms with Gasteiger partial charge in [0.15, 0.2) is 5.96 Å². The average Bonchev–Trinajstić information content (AvgIpc) is 3.23. The molecule has 1 atom stereocenters. The molecule has 2 N–H and O–H groups in total. The Morgan fingerprint density at radius 2 is 1.69 bits per heavy atom. The Hall–Kier alpha value is -1.34. The SMILES string of the molecule is CCNC(=NCCN1CCN(CC)CC1)NC1CCN(C(=O)C2CCCCC2)C1. The number of amides is 1. The van der Waals surface area contributed by atoms with Crippen molar-refractivity contribution in [2.75, 3.05) is 65.4 Å². The van der Waals surface area contributed by atoms with Gasteiger partial charge < -0.3 is 20.4 Å². The van der Waals surface area contributed by atoms with Crippen molar-refractivity contribution in [2.45, 2.75) is 58.4 Å². The summed E-state index contributed by atoms with van der Waals surface area (Å²) in [5.41, 5.74) is 0. The maximum absolute atomic E-state index is 12.8.